The molecule has 5 heteroatoms. The number of carbonyl (C=O) groups is 1. The van der Waals surface area contributed by atoms with Gasteiger partial charge in [0.25, 0.3) is 0 Å². The molecular weight excluding hydrogens is 303 g/mol. The summed E-state index contributed by atoms with van der Waals surface area (Å²) in [6.07, 6.45) is -4.12. The molecule has 2 aromatic carbocycles. The quantitative estimate of drug-likeness (QED) is 0.782. The largest absolute Gasteiger partial charge is 0.416 e. The highest BCUT2D eigenvalue weighted by Gasteiger charge is 2.35. The second kappa shape index (κ2) is 5.72. The monoisotopic (exact) mass is 319 g/mol. The van der Waals surface area contributed by atoms with Gasteiger partial charge in [-0.3, -0.25) is 4.79 Å². The number of hydrogen-bond donors (Lipinski definition) is 0. The fourth-order valence-corrected chi connectivity index (χ4v) is 3.04. The van der Waals surface area contributed by atoms with Crippen LogP contribution >= 0.6 is 0 Å². The molecule has 0 N–H and O–H groups in total. The zero-order valence-corrected chi connectivity index (χ0v) is 12.6. The van der Waals surface area contributed by atoms with E-state index in [2.05, 4.69) is 0 Å². The van der Waals surface area contributed by atoms with Gasteiger partial charge >= 0.3 is 6.18 Å². The first-order valence-corrected chi connectivity index (χ1v) is 7.42. The second-order valence-electron chi connectivity index (χ2n) is 5.80. The van der Waals surface area contributed by atoms with Crippen LogP contribution in [-0.4, -0.2) is 5.91 Å². The Morgan fingerprint density at radius 1 is 1.09 bits per heavy atom. The Morgan fingerprint density at radius 2 is 1.74 bits per heavy atom. The van der Waals surface area contributed by atoms with Crippen molar-refractivity contribution in [2.45, 2.75) is 32.0 Å². The molecule has 3 rings (SSSR count). The van der Waals surface area contributed by atoms with Crippen LogP contribution in [0.4, 0.5) is 18.9 Å². The maximum atomic E-state index is 13.2. The Balaban J connectivity index is 2.01. The van der Waals surface area contributed by atoms with Gasteiger partial charge in [0.2, 0.25) is 5.91 Å². The van der Waals surface area contributed by atoms with Gasteiger partial charge in [-0.1, -0.05) is 43.3 Å². The number of rotatable bonds is 2. The smallest absolute Gasteiger partial charge is 0.308 e. The number of alkyl halides is 3. The molecule has 120 valence electrons. The van der Waals surface area contributed by atoms with Crippen LogP contribution < -0.4 is 4.90 Å². The Labute approximate surface area is 132 Å². The molecule has 0 radical (unpaired) electrons. The summed E-state index contributed by atoms with van der Waals surface area (Å²) in [4.78, 5) is 13.8. The predicted molar refractivity (Wildman–Crippen MR) is 82.1 cm³/mol. The second-order valence-corrected chi connectivity index (χ2v) is 5.80. The fraction of sp³-hybridized carbons (Fsp3) is 0.278. The van der Waals surface area contributed by atoms with Gasteiger partial charge < -0.3 is 4.90 Å². The van der Waals surface area contributed by atoms with Crippen molar-refractivity contribution in [3.05, 3.63) is 65.2 Å². The molecule has 1 aliphatic rings. The minimum absolute atomic E-state index is 0.0712. The average Bonchev–Trinajstić information content (AvgIpc) is 2.51. The van der Waals surface area contributed by atoms with Crippen molar-refractivity contribution in [3.8, 4) is 0 Å². The van der Waals surface area contributed by atoms with Crippen molar-refractivity contribution in [1.82, 2.24) is 0 Å². The lowest BCUT2D eigenvalue weighted by molar-refractivity contribution is -0.138. The molecule has 1 aliphatic heterocycles. The van der Waals surface area contributed by atoms with E-state index in [-0.39, 0.29) is 23.9 Å². The zero-order valence-electron chi connectivity index (χ0n) is 12.6. The highest BCUT2D eigenvalue weighted by Crippen LogP contribution is 2.38. The van der Waals surface area contributed by atoms with E-state index >= 15 is 0 Å². The number of anilines is 1. The van der Waals surface area contributed by atoms with Gasteiger partial charge in [-0.05, 0) is 29.2 Å². The third-order valence-corrected chi connectivity index (χ3v) is 4.19. The Morgan fingerprint density at radius 3 is 2.48 bits per heavy atom. The molecule has 0 spiro atoms. The van der Waals surface area contributed by atoms with Crippen molar-refractivity contribution in [2.24, 2.45) is 0 Å². The van der Waals surface area contributed by atoms with Gasteiger partial charge in [0.05, 0.1) is 12.1 Å². The number of benzene rings is 2. The Kier molecular flexibility index (Phi) is 3.88. The molecule has 1 amide bonds. The van der Waals surface area contributed by atoms with Crippen LogP contribution in [0.25, 0.3) is 0 Å². The standard InChI is InChI=1S/C18H16F3NO/c1-12-10-17(23)22(16-9-5-3-7-14(12)16)11-13-6-2-4-8-15(13)18(19,20)21/h2-9,12H,10-11H2,1H3. The van der Waals surface area contributed by atoms with E-state index in [4.69, 9.17) is 0 Å². The number of para-hydroxylation sites is 1. The Bertz CT molecular complexity index is 739. The minimum atomic E-state index is -4.43. The summed E-state index contributed by atoms with van der Waals surface area (Å²) in [6, 6.07) is 12.8. The molecule has 0 aliphatic carbocycles. The van der Waals surface area contributed by atoms with E-state index in [1.54, 1.807) is 18.2 Å². The van der Waals surface area contributed by atoms with Gasteiger partial charge in [-0.25, -0.2) is 0 Å². The van der Waals surface area contributed by atoms with Crippen LogP contribution in [0.2, 0.25) is 0 Å². The first kappa shape index (κ1) is 15.6. The first-order valence-electron chi connectivity index (χ1n) is 7.42. The summed E-state index contributed by atoms with van der Waals surface area (Å²) in [7, 11) is 0. The third kappa shape index (κ3) is 2.96. The highest BCUT2D eigenvalue weighted by molar-refractivity contribution is 5.97. The van der Waals surface area contributed by atoms with E-state index in [0.29, 0.717) is 12.1 Å². The number of hydrogen-bond acceptors (Lipinski definition) is 1. The van der Waals surface area contributed by atoms with Crippen LogP contribution in [0.5, 0.6) is 0 Å². The molecular formula is C18H16F3NO. The summed E-state index contributed by atoms with van der Waals surface area (Å²) in [5, 5.41) is 0. The molecule has 1 heterocycles. The minimum Gasteiger partial charge on any atom is -0.308 e. The summed E-state index contributed by atoms with van der Waals surface area (Å²) >= 11 is 0. The third-order valence-electron chi connectivity index (χ3n) is 4.19. The number of carbonyl (C=O) groups excluding carboxylic acids is 1. The predicted octanol–water partition coefficient (Wildman–Crippen LogP) is 4.75. The maximum absolute atomic E-state index is 13.2. The van der Waals surface area contributed by atoms with Crippen molar-refractivity contribution < 1.29 is 18.0 Å². The van der Waals surface area contributed by atoms with E-state index in [9.17, 15) is 18.0 Å². The Hall–Kier alpha value is -2.30. The summed E-state index contributed by atoms with van der Waals surface area (Å²) in [6.45, 7) is 1.88. The number of fused-ring (bicyclic) bond motifs is 1. The molecule has 2 aromatic rings. The highest BCUT2D eigenvalue weighted by atomic mass is 19.4. The van der Waals surface area contributed by atoms with Crippen molar-refractivity contribution in [2.75, 3.05) is 4.90 Å². The van der Waals surface area contributed by atoms with Gasteiger partial charge in [0.15, 0.2) is 0 Å². The van der Waals surface area contributed by atoms with Crippen molar-refractivity contribution in [1.29, 1.82) is 0 Å². The molecule has 0 aromatic heterocycles. The summed E-state index contributed by atoms with van der Waals surface area (Å²) < 4.78 is 39.5. The van der Waals surface area contributed by atoms with Gasteiger partial charge in [0.1, 0.15) is 0 Å². The van der Waals surface area contributed by atoms with Crippen LogP contribution in [0.15, 0.2) is 48.5 Å². The topological polar surface area (TPSA) is 20.3 Å². The average molecular weight is 319 g/mol. The maximum Gasteiger partial charge on any atom is 0.416 e. The van der Waals surface area contributed by atoms with Gasteiger partial charge in [-0.2, -0.15) is 13.2 Å². The van der Waals surface area contributed by atoms with Crippen molar-refractivity contribution >= 4 is 11.6 Å². The van der Waals surface area contributed by atoms with Crippen molar-refractivity contribution in [3.63, 3.8) is 0 Å². The summed E-state index contributed by atoms with van der Waals surface area (Å²) in [5.74, 6) is -0.0685. The van der Waals surface area contributed by atoms with Gasteiger partial charge in [-0.15, -0.1) is 0 Å². The molecule has 0 fully saturated rings. The van der Waals surface area contributed by atoms with E-state index in [1.165, 1.54) is 17.0 Å². The molecule has 0 saturated carbocycles. The van der Waals surface area contributed by atoms with Crippen LogP contribution in [0.1, 0.15) is 36.0 Å². The number of amides is 1. The molecule has 0 bridgehead atoms. The lowest BCUT2D eigenvalue weighted by atomic mass is 9.90. The molecule has 1 atom stereocenters. The van der Waals surface area contributed by atoms with E-state index in [0.717, 1.165) is 11.6 Å². The SMILES string of the molecule is CC1CC(=O)N(Cc2ccccc2C(F)(F)F)c2ccccc21. The summed E-state index contributed by atoms with van der Waals surface area (Å²) in [5.41, 5.74) is 1.12. The molecule has 1 unspecified atom stereocenters. The van der Waals surface area contributed by atoms with Crippen LogP contribution in [0, 0.1) is 0 Å². The number of nitrogens with zero attached hydrogens (tertiary/aromatic N) is 1. The number of halogens is 3. The fourth-order valence-electron chi connectivity index (χ4n) is 3.04. The first-order chi connectivity index (χ1) is 10.9. The van der Waals surface area contributed by atoms with Gasteiger partial charge in [0, 0.05) is 12.1 Å². The van der Waals surface area contributed by atoms with Crippen LogP contribution in [0.3, 0.4) is 0 Å². The lowest BCUT2D eigenvalue weighted by Crippen LogP contribution is -2.36. The molecule has 23 heavy (non-hydrogen) atoms. The molecule has 0 saturated heterocycles. The normalized spacial score (nSPS) is 18.0. The molecule has 2 nitrogen and oxygen atoms in total. The van der Waals surface area contributed by atoms with E-state index < -0.39 is 11.7 Å². The van der Waals surface area contributed by atoms with Crippen LogP contribution in [-0.2, 0) is 17.5 Å². The van der Waals surface area contributed by atoms with E-state index in [1.807, 2.05) is 19.1 Å². The lowest BCUT2D eigenvalue weighted by Gasteiger charge is -2.33. The zero-order chi connectivity index (χ0) is 16.6.